The van der Waals surface area contributed by atoms with Crippen LogP contribution in [0.1, 0.15) is 50.8 Å². The summed E-state index contributed by atoms with van der Waals surface area (Å²) in [5.41, 5.74) is 2.88. The molecule has 0 bridgehead atoms. The number of carbonyl (C=O) groups is 2. The lowest BCUT2D eigenvalue weighted by Crippen LogP contribution is -2.26. The minimum Gasteiger partial charge on any atom is -0.496 e. The monoisotopic (exact) mass is 453 g/mol. The summed E-state index contributed by atoms with van der Waals surface area (Å²) in [6.45, 7) is 11.8. The number of benzene rings is 1. The van der Waals surface area contributed by atoms with Gasteiger partial charge < -0.3 is 14.4 Å². The van der Waals surface area contributed by atoms with Gasteiger partial charge >= 0.3 is 6.36 Å². The van der Waals surface area contributed by atoms with Gasteiger partial charge in [-0.1, -0.05) is 45.9 Å². The summed E-state index contributed by atoms with van der Waals surface area (Å²) in [5, 5.41) is 0. The van der Waals surface area contributed by atoms with Gasteiger partial charge in [-0.25, -0.2) is 0 Å². The normalized spacial score (nSPS) is 15.2. The van der Waals surface area contributed by atoms with Gasteiger partial charge in [0.05, 0.1) is 19.4 Å². The van der Waals surface area contributed by atoms with E-state index in [0.29, 0.717) is 0 Å². The lowest BCUT2D eigenvalue weighted by Gasteiger charge is -2.19. The third kappa shape index (κ3) is 6.24. The number of methoxy groups -OCH3 is 1. The van der Waals surface area contributed by atoms with Crippen LogP contribution in [-0.2, 0) is 20.9 Å². The van der Waals surface area contributed by atoms with Gasteiger partial charge in [0.15, 0.2) is 0 Å². The number of hydrogen-bond acceptors (Lipinski definition) is 4. The second kappa shape index (κ2) is 11.5. The standard InChI is InChI=1S/C20H18F3NO4.2C2H6/c1-11-8-13(9-12(2)18(11)27-3)10-24-16-7-5-14(28-20(21,22)23)4-6-15(16)17(25)19(24)26;2*1-2/h5-9H,4,10H2,1-3H3;2*1-2H3. The van der Waals surface area contributed by atoms with Crippen molar-refractivity contribution >= 4 is 11.7 Å². The molecule has 2 aliphatic rings. The maximum Gasteiger partial charge on any atom is 0.572 e. The molecule has 32 heavy (non-hydrogen) atoms. The number of aryl methyl sites for hydroxylation is 2. The lowest BCUT2D eigenvalue weighted by molar-refractivity contribution is -0.305. The first-order valence-electron chi connectivity index (χ1n) is 10.5. The summed E-state index contributed by atoms with van der Waals surface area (Å²) in [4.78, 5) is 26.0. The van der Waals surface area contributed by atoms with Crippen LogP contribution in [0.2, 0.25) is 0 Å². The summed E-state index contributed by atoms with van der Waals surface area (Å²) in [6, 6.07) is 3.69. The van der Waals surface area contributed by atoms with Crippen molar-refractivity contribution in [2.45, 2.75) is 60.9 Å². The Morgan fingerprint density at radius 2 is 1.56 bits per heavy atom. The highest BCUT2D eigenvalue weighted by Crippen LogP contribution is 2.33. The number of Topliss-reactive ketones (excluding diaryl/α,β-unsaturated/α-hetero) is 1. The second-order valence-electron chi connectivity index (χ2n) is 6.54. The SMILES string of the molecule is CC.CC.COc1c(C)cc(CN2C(=O)C(=O)C3=CCC(OC(F)(F)F)=CC=C32)cc1C. The van der Waals surface area contributed by atoms with Gasteiger partial charge in [0.2, 0.25) is 0 Å². The maximum atomic E-state index is 12.5. The quantitative estimate of drug-likeness (QED) is 0.532. The Bertz CT molecular complexity index is 920. The number of rotatable bonds is 4. The van der Waals surface area contributed by atoms with Crippen molar-refractivity contribution in [2.75, 3.05) is 7.11 Å². The molecule has 0 atom stereocenters. The number of hydrogen-bond donors (Lipinski definition) is 0. The van der Waals surface area contributed by atoms with Crippen molar-refractivity contribution in [1.29, 1.82) is 0 Å². The molecule has 1 aliphatic carbocycles. The van der Waals surface area contributed by atoms with Gasteiger partial charge in [-0.05, 0) is 42.7 Å². The molecule has 1 saturated heterocycles. The molecule has 0 saturated carbocycles. The Balaban J connectivity index is 0.00000121. The zero-order chi connectivity index (χ0) is 24.6. The molecule has 1 aliphatic heterocycles. The third-order valence-corrected chi connectivity index (χ3v) is 4.50. The van der Waals surface area contributed by atoms with Crippen molar-refractivity contribution in [3.8, 4) is 5.75 Å². The van der Waals surface area contributed by atoms with Crippen LogP contribution in [0.4, 0.5) is 13.2 Å². The van der Waals surface area contributed by atoms with Crippen molar-refractivity contribution < 1.29 is 32.2 Å². The van der Waals surface area contributed by atoms with Crippen molar-refractivity contribution in [1.82, 2.24) is 4.90 Å². The summed E-state index contributed by atoms with van der Waals surface area (Å²) in [5.74, 6) is -1.07. The van der Waals surface area contributed by atoms with E-state index >= 15 is 0 Å². The van der Waals surface area contributed by atoms with Crippen LogP contribution in [0.25, 0.3) is 0 Å². The zero-order valence-electron chi connectivity index (χ0n) is 19.5. The molecule has 0 N–H and O–H groups in total. The van der Waals surface area contributed by atoms with E-state index in [4.69, 9.17) is 4.74 Å². The van der Waals surface area contributed by atoms with E-state index in [9.17, 15) is 22.8 Å². The zero-order valence-corrected chi connectivity index (χ0v) is 19.5. The van der Waals surface area contributed by atoms with Crippen LogP contribution in [-0.4, -0.2) is 30.1 Å². The molecule has 0 spiro atoms. The Labute approximate surface area is 187 Å². The predicted octanol–water partition coefficient (Wildman–Crippen LogP) is 5.91. The number of halogens is 3. The highest BCUT2D eigenvalue weighted by atomic mass is 19.4. The molecule has 5 nitrogen and oxygen atoms in total. The first-order chi connectivity index (χ1) is 15.1. The summed E-state index contributed by atoms with van der Waals surface area (Å²) >= 11 is 0. The Morgan fingerprint density at radius 3 is 2.06 bits per heavy atom. The maximum absolute atomic E-state index is 12.5. The van der Waals surface area contributed by atoms with Crippen molar-refractivity contribution in [3.05, 3.63) is 64.1 Å². The number of ketones is 1. The van der Waals surface area contributed by atoms with E-state index in [1.165, 1.54) is 17.1 Å². The fourth-order valence-electron chi connectivity index (χ4n) is 3.45. The fraction of sp³-hybridized carbons (Fsp3) is 0.417. The molecule has 1 aromatic carbocycles. The number of fused-ring (bicyclic) bond motifs is 1. The fourth-order valence-corrected chi connectivity index (χ4v) is 3.45. The van der Waals surface area contributed by atoms with Gasteiger partial charge in [0, 0.05) is 12.0 Å². The van der Waals surface area contributed by atoms with E-state index < -0.39 is 18.1 Å². The minimum absolute atomic E-state index is 0.0870. The van der Waals surface area contributed by atoms with Gasteiger partial charge in [-0.15, -0.1) is 13.2 Å². The molecule has 1 fully saturated rings. The number of amides is 1. The molecule has 1 amide bonds. The molecule has 0 aromatic heterocycles. The summed E-state index contributed by atoms with van der Waals surface area (Å²) < 4.78 is 46.6. The van der Waals surface area contributed by atoms with Gasteiger partial charge in [0.1, 0.15) is 11.5 Å². The number of allylic oxidation sites excluding steroid dienone is 4. The summed E-state index contributed by atoms with van der Waals surface area (Å²) in [7, 11) is 1.57. The molecule has 1 aromatic rings. The first kappa shape index (κ1) is 27.0. The molecule has 0 radical (unpaired) electrons. The average molecular weight is 454 g/mol. The molecule has 176 valence electrons. The van der Waals surface area contributed by atoms with Crippen LogP contribution in [0.3, 0.4) is 0 Å². The molecule has 1 heterocycles. The molecular weight excluding hydrogens is 423 g/mol. The van der Waals surface area contributed by atoms with Crippen molar-refractivity contribution in [2.24, 2.45) is 0 Å². The molecule has 8 heteroatoms. The van der Waals surface area contributed by atoms with Gasteiger partial charge in [-0.3, -0.25) is 9.59 Å². The van der Waals surface area contributed by atoms with Crippen LogP contribution < -0.4 is 4.74 Å². The first-order valence-corrected chi connectivity index (χ1v) is 10.5. The van der Waals surface area contributed by atoms with Crippen molar-refractivity contribution in [3.63, 3.8) is 0 Å². The number of carbonyl (C=O) groups excluding carboxylic acids is 2. The smallest absolute Gasteiger partial charge is 0.496 e. The molecule has 0 unspecified atom stereocenters. The lowest BCUT2D eigenvalue weighted by atomic mass is 10.1. The van der Waals surface area contributed by atoms with Crippen LogP contribution in [0.5, 0.6) is 5.75 Å². The number of alkyl halides is 3. The van der Waals surface area contributed by atoms with E-state index in [1.807, 2.05) is 53.7 Å². The Morgan fingerprint density at radius 1 is 1.00 bits per heavy atom. The average Bonchev–Trinajstić information content (AvgIpc) is 2.87. The largest absolute Gasteiger partial charge is 0.572 e. The van der Waals surface area contributed by atoms with E-state index in [-0.39, 0.29) is 30.0 Å². The van der Waals surface area contributed by atoms with Crippen LogP contribution in [0, 0.1) is 13.8 Å². The van der Waals surface area contributed by atoms with Crippen LogP contribution in [0.15, 0.2) is 47.4 Å². The predicted molar refractivity (Wildman–Crippen MR) is 117 cm³/mol. The Hall–Kier alpha value is -3.03. The topological polar surface area (TPSA) is 55.8 Å². The molecule has 3 rings (SSSR count). The minimum atomic E-state index is -4.82. The summed E-state index contributed by atoms with van der Waals surface area (Å²) in [6.07, 6.45) is -1.31. The number of ether oxygens (including phenoxy) is 2. The number of nitrogens with zero attached hydrogens (tertiary/aromatic N) is 1. The van der Waals surface area contributed by atoms with Gasteiger partial charge in [-0.2, -0.15) is 0 Å². The van der Waals surface area contributed by atoms with E-state index in [0.717, 1.165) is 28.5 Å². The third-order valence-electron chi connectivity index (χ3n) is 4.50. The molecular formula is C24H30F3NO4. The highest BCUT2D eigenvalue weighted by molar-refractivity contribution is 6.47. The Kier molecular flexibility index (Phi) is 9.75. The van der Waals surface area contributed by atoms with Crippen LogP contribution >= 0.6 is 0 Å². The second-order valence-corrected chi connectivity index (χ2v) is 6.54. The number of likely N-dealkylation sites (tertiary alicyclic amines) is 1. The highest BCUT2D eigenvalue weighted by Gasteiger charge is 2.40. The van der Waals surface area contributed by atoms with Gasteiger partial charge in [0.25, 0.3) is 11.7 Å². The van der Waals surface area contributed by atoms with E-state index in [1.54, 1.807) is 7.11 Å². The van der Waals surface area contributed by atoms with E-state index in [2.05, 4.69) is 4.74 Å².